The van der Waals surface area contributed by atoms with Crippen molar-refractivity contribution in [1.82, 2.24) is 4.57 Å². The van der Waals surface area contributed by atoms with E-state index in [0.29, 0.717) is 5.92 Å². The molecule has 0 N–H and O–H groups in total. The Morgan fingerprint density at radius 1 is 1.29 bits per heavy atom. The highest BCUT2D eigenvalue weighted by atomic mass is 16.6. The molecule has 2 aromatic rings. The van der Waals surface area contributed by atoms with Gasteiger partial charge in [-0.15, -0.1) is 0 Å². The molecule has 3 rings (SSSR count). The third kappa shape index (κ3) is 2.45. The molecular weight excluding hydrogens is 262 g/mol. The first-order chi connectivity index (χ1) is 9.88. The summed E-state index contributed by atoms with van der Waals surface area (Å²) < 4.78 is 7.43. The first-order valence-electron chi connectivity index (χ1n) is 7.74. The molecule has 1 aliphatic carbocycles. The van der Waals surface area contributed by atoms with Crippen molar-refractivity contribution < 1.29 is 9.53 Å². The van der Waals surface area contributed by atoms with Gasteiger partial charge in [0.25, 0.3) is 0 Å². The van der Waals surface area contributed by atoms with Crippen LogP contribution in [0.3, 0.4) is 0 Å². The summed E-state index contributed by atoms with van der Waals surface area (Å²) in [6.45, 7) is 7.93. The minimum absolute atomic E-state index is 0.256. The van der Waals surface area contributed by atoms with E-state index in [-0.39, 0.29) is 6.09 Å². The van der Waals surface area contributed by atoms with Gasteiger partial charge in [0.2, 0.25) is 0 Å². The lowest BCUT2D eigenvalue weighted by Crippen LogP contribution is -2.29. The van der Waals surface area contributed by atoms with Crippen LogP contribution >= 0.6 is 0 Å². The molecule has 1 atom stereocenters. The summed E-state index contributed by atoms with van der Waals surface area (Å²) >= 11 is 0. The molecule has 3 nitrogen and oxygen atoms in total. The Bertz CT molecular complexity index is 691. The van der Waals surface area contributed by atoms with Gasteiger partial charge in [-0.25, -0.2) is 9.36 Å². The van der Waals surface area contributed by atoms with E-state index < -0.39 is 5.60 Å². The van der Waals surface area contributed by atoms with Gasteiger partial charge in [0.1, 0.15) is 5.60 Å². The second kappa shape index (κ2) is 4.90. The summed E-state index contributed by atoms with van der Waals surface area (Å²) in [5.74, 6) is 0.397. The van der Waals surface area contributed by atoms with Crippen molar-refractivity contribution in [2.45, 2.75) is 58.5 Å². The molecule has 0 saturated carbocycles. The average molecular weight is 285 g/mol. The molecule has 0 bridgehead atoms. The van der Waals surface area contributed by atoms with Crippen LogP contribution in [-0.4, -0.2) is 16.3 Å². The molecule has 0 aliphatic heterocycles. The maximum atomic E-state index is 12.7. The van der Waals surface area contributed by atoms with E-state index in [4.69, 9.17) is 4.74 Å². The number of hydrogen-bond acceptors (Lipinski definition) is 2. The largest absolute Gasteiger partial charge is 0.443 e. The minimum Gasteiger partial charge on any atom is -0.443 e. The van der Waals surface area contributed by atoms with Crippen molar-refractivity contribution in [2.24, 2.45) is 0 Å². The van der Waals surface area contributed by atoms with Gasteiger partial charge in [0.05, 0.1) is 5.52 Å². The van der Waals surface area contributed by atoms with Crippen molar-refractivity contribution in [2.75, 3.05) is 0 Å². The van der Waals surface area contributed by atoms with Gasteiger partial charge in [0.15, 0.2) is 0 Å². The van der Waals surface area contributed by atoms with Crippen LogP contribution in [0.2, 0.25) is 0 Å². The number of aromatic nitrogens is 1. The lowest BCUT2D eigenvalue weighted by atomic mass is 9.88. The first kappa shape index (κ1) is 14.2. The quantitative estimate of drug-likeness (QED) is 0.692. The molecule has 1 aromatic heterocycles. The van der Waals surface area contributed by atoms with Crippen molar-refractivity contribution in [3.8, 4) is 0 Å². The third-order valence-corrected chi connectivity index (χ3v) is 4.13. The first-order valence-corrected chi connectivity index (χ1v) is 7.74. The van der Waals surface area contributed by atoms with Crippen LogP contribution in [0.25, 0.3) is 10.9 Å². The molecule has 0 spiro atoms. The van der Waals surface area contributed by atoms with E-state index in [2.05, 4.69) is 13.0 Å². The lowest BCUT2D eigenvalue weighted by Gasteiger charge is -2.24. The summed E-state index contributed by atoms with van der Waals surface area (Å²) in [5.41, 5.74) is 2.98. The zero-order valence-electron chi connectivity index (χ0n) is 13.3. The number of fused-ring (bicyclic) bond motifs is 3. The summed E-state index contributed by atoms with van der Waals surface area (Å²) in [5, 5.41) is 1.20. The van der Waals surface area contributed by atoms with Crippen LogP contribution in [-0.2, 0) is 11.2 Å². The molecule has 0 saturated heterocycles. The maximum Gasteiger partial charge on any atom is 0.419 e. The highest BCUT2D eigenvalue weighted by Gasteiger charge is 2.29. The van der Waals surface area contributed by atoms with Crippen LogP contribution < -0.4 is 0 Å². The SMILES string of the molecule is CC1CCCc2c1n(C(=O)OC(C)(C)C)c1ccccc21. The van der Waals surface area contributed by atoms with Crippen LogP contribution in [0.15, 0.2) is 24.3 Å². The smallest absolute Gasteiger partial charge is 0.419 e. The van der Waals surface area contributed by atoms with E-state index >= 15 is 0 Å². The molecular formula is C18H23NO2. The van der Waals surface area contributed by atoms with E-state index in [9.17, 15) is 4.79 Å². The molecule has 0 amide bonds. The van der Waals surface area contributed by atoms with E-state index in [1.165, 1.54) is 17.4 Å². The number of carbonyl (C=O) groups excluding carboxylic acids is 1. The normalized spacial score (nSPS) is 18.6. The molecule has 1 aromatic carbocycles. The van der Waals surface area contributed by atoms with Gasteiger partial charge >= 0.3 is 6.09 Å². The topological polar surface area (TPSA) is 31.2 Å². The molecule has 21 heavy (non-hydrogen) atoms. The molecule has 3 heteroatoms. The molecule has 1 aliphatic rings. The van der Waals surface area contributed by atoms with Gasteiger partial charge < -0.3 is 4.74 Å². The number of benzene rings is 1. The molecule has 112 valence electrons. The van der Waals surface area contributed by atoms with Gasteiger partial charge in [0, 0.05) is 11.1 Å². The number of rotatable bonds is 0. The Kier molecular flexibility index (Phi) is 3.31. The Hall–Kier alpha value is -1.77. The maximum absolute atomic E-state index is 12.7. The summed E-state index contributed by atoms with van der Waals surface area (Å²) in [7, 11) is 0. The van der Waals surface area contributed by atoms with Gasteiger partial charge in [-0.1, -0.05) is 25.1 Å². The van der Waals surface area contributed by atoms with Crippen molar-refractivity contribution in [3.05, 3.63) is 35.5 Å². The van der Waals surface area contributed by atoms with E-state index in [0.717, 1.165) is 24.1 Å². The van der Waals surface area contributed by atoms with Crippen molar-refractivity contribution in [1.29, 1.82) is 0 Å². The van der Waals surface area contributed by atoms with E-state index in [1.54, 1.807) is 4.57 Å². The zero-order chi connectivity index (χ0) is 15.2. The molecule has 0 radical (unpaired) electrons. The highest BCUT2D eigenvalue weighted by molar-refractivity contribution is 5.94. The number of aryl methyl sites for hydroxylation is 1. The zero-order valence-corrected chi connectivity index (χ0v) is 13.3. The summed E-state index contributed by atoms with van der Waals surface area (Å²) in [6.07, 6.45) is 3.12. The van der Waals surface area contributed by atoms with Crippen molar-refractivity contribution >= 4 is 17.0 Å². The minimum atomic E-state index is -0.479. The Morgan fingerprint density at radius 3 is 2.71 bits per heavy atom. The fraction of sp³-hybridized carbons (Fsp3) is 0.500. The lowest BCUT2D eigenvalue weighted by molar-refractivity contribution is 0.0537. The molecule has 1 heterocycles. The van der Waals surface area contributed by atoms with Crippen LogP contribution in [0.5, 0.6) is 0 Å². The fourth-order valence-electron chi connectivity index (χ4n) is 3.33. The van der Waals surface area contributed by atoms with Crippen LogP contribution in [0.4, 0.5) is 4.79 Å². The second-order valence-electron chi connectivity index (χ2n) is 6.99. The predicted octanol–water partition coefficient (Wildman–Crippen LogP) is 4.86. The van der Waals surface area contributed by atoms with Crippen molar-refractivity contribution in [3.63, 3.8) is 0 Å². The van der Waals surface area contributed by atoms with E-state index in [1.807, 2.05) is 39.0 Å². The Balaban J connectivity index is 2.21. The number of hydrogen-bond donors (Lipinski definition) is 0. The number of nitrogens with zero attached hydrogens (tertiary/aromatic N) is 1. The summed E-state index contributed by atoms with van der Waals surface area (Å²) in [4.78, 5) is 12.7. The van der Waals surface area contributed by atoms with Gasteiger partial charge in [-0.3, -0.25) is 0 Å². The summed E-state index contributed by atoms with van der Waals surface area (Å²) in [6, 6.07) is 8.16. The fourth-order valence-corrected chi connectivity index (χ4v) is 3.33. The third-order valence-electron chi connectivity index (χ3n) is 4.13. The Morgan fingerprint density at radius 2 is 2.00 bits per heavy atom. The standard InChI is InChI=1S/C18H23NO2/c1-12-8-7-10-14-13-9-5-6-11-15(13)19(16(12)14)17(20)21-18(2,3)4/h5-6,9,11-12H,7-8,10H2,1-4H3. The number of ether oxygens (including phenoxy) is 1. The monoisotopic (exact) mass is 285 g/mol. The average Bonchev–Trinajstić information content (AvgIpc) is 2.73. The highest BCUT2D eigenvalue weighted by Crippen LogP contribution is 2.38. The second-order valence-corrected chi connectivity index (χ2v) is 6.99. The Labute approximate surface area is 125 Å². The molecule has 0 fully saturated rings. The van der Waals surface area contributed by atoms with Crippen LogP contribution in [0, 0.1) is 0 Å². The molecule has 1 unspecified atom stereocenters. The van der Waals surface area contributed by atoms with Gasteiger partial charge in [-0.05, 0) is 57.6 Å². The predicted molar refractivity (Wildman–Crippen MR) is 84.9 cm³/mol. The van der Waals surface area contributed by atoms with Crippen LogP contribution in [0.1, 0.15) is 57.7 Å². The number of para-hydroxylation sites is 1. The number of carbonyl (C=O) groups is 1. The van der Waals surface area contributed by atoms with Gasteiger partial charge in [-0.2, -0.15) is 0 Å².